The molecule has 0 aromatic rings. The average Bonchev–Trinajstić information content (AvgIpc) is 1.92. The predicted octanol–water partition coefficient (Wildman–Crippen LogP) is 2.04. The summed E-state index contributed by atoms with van der Waals surface area (Å²) in [5.74, 6) is -1.38. The van der Waals surface area contributed by atoms with E-state index in [0.717, 1.165) is 5.06 Å². The summed E-state index contributed by atoms with van der Waals surface area (Å²) >= 11 is 0. The second kappa shape index (κ2) is 3.22. The summed E-state index contributed by atoms with van der Waals surface area (Å²) in [5.41, 5.74) is 0. The monoisotopic (exact) mass is 183 g/mol. The highest BCUT2D eigenvalue weighted by molar-refractivity contribution is 4.81. The summed E-state index contributed by atoms with van der Waals surface area (Å²) in [4.78, 5) is 0. The molecule has 0 saturated carbocycles. The first kappa shape index (κ1) is 9.80. The van der Waals surface area contributed by atoms with Crippen LogP contribution in [0.5, 0.6) is 0 Å². The Hall–Kier alpha value is -0.290. The van der Waals surface area contributed by atoms with Gasteiger partial charge in [0.15, 0.2) is 0 Å². The van der Waals surface area contributed by atoms with Crippen LogP contribution in [-0.4, -0.2) is 29.0 Å². The van der Waals surface area contributed by atoms with Crippen molar-refractivity contribution in [2.75, 3.05) is 6.54 Å². The lowest BCUT2D eigenvalue weighted by atomic mass is 9.91. The maximum atomic E-state index is 12.2. The molecule has 12 heavy (non-hydrogen) atoms. The minimum atomic E-state index is -4.18. The van der Waals surface area contributed by atoms with Gasteiger partial charge in [-0.05, 0) is 19.8 Å². The third-order valence-corrected chi connectivity index (χ3v) is 2.38. The zero-order valence-electron chi connectivity index (χ0n) is 6.80. The third-order valence-electron chi connectivity index (χ3n) is 2.38. The molecule has 2 unspecified atom stereocenters. The maximum Gasteiger partial charge on any atom is 0.393 e. The van der Waals surface area contributed by atoms with Crippen molar-refractivity contribution in [3.05, 3.63) is 0 Å². The number of hydrogen-bond donors (Lipinski definition) is 1. The van der Waals surface area contributed by atoms with Gasteiger partial charge in [-0.2, -0.15) is 18.2 Å². The van der Waals surface area contributed by atoms with E-state index >= 15 is 0 Å². The standard InChI is InChI=1S/C7H12F3NO/c1-5-6(7(8,9)10)3-2-4-11(5)12/h5-6,12H,2-4H2,1H3. The van der Waals surface area contributed by atoms with Gasteiger partial charge in [-0.1, -0.05) is 0 Å². The molecule has 2 nitrogen and oxygen atoms in total. The Labute approximate surface area is 68.9 Å². The summed E-state index contributed by atoms with van der Waals surface area (Å²) < 4.78 is 36.7. The van der Waals surface area contributed by atoms with Gasteiger partial charge in [0.05, 0.1) is 5.92 Å². The van der Waals surface area contributed by atoms with Gasteiger partial charge in [0.25, 0.3) is 0 Å². The maximum absolute atomic E-state index is 12.2. The number of hydroxylamine groups is 2. The van der Waals surface area contributed by atoms with Gasteiger partial charge in [-0.15, -0.1) is 0 Å². The van der Waals surface area contributed by atoms with Crippen LogP contribution in [0.3, 0.4) is 0 Å². The number of hydrogen-bond acceptors (Lipinski definition) is 2. The molecule has 0 spiro atoms. The van der Waals surface area contributed by atoms with Gasteiger partial charge in [-0.3, -0.25) is 0 Å². The minimum Gasteiger partial charge on any atom is -0.314 e. The molecule has 1 aliphatic heterocycles. The lowest BCUT2D eigenvalue weighted by Gasteiger charge is -2.35. The van der Waals surface area contributed by atoms with Gasteiger partial charge >= 0.3 is 6.18 Å². The van der Waals surface area contributed by atoms with Crippen LogP contribution >= 0.6 is 0 Å². The van der Waals surface area contributed by atoms with Crippen LogP contribution < -0.4 is 0 Å². The molecule has 1 fully saturated rings. The zero-order valence-corrected chi connectivity index (χ0v) is 6.80. The van der Waals surface area contributed by atoms with Crippen molar-refractivity contribution in [2.24, 2.45) is 5.92 Å². The highest BCUT2D eigenvalue weighted by Gasteiger charge is 2.46. The third kappa shape index (κ3) is 1.90. The van der Waals surface area contributed by atoms with Crippen molar-refractivity contribution < 1.29 is 18.4 Å². The highest BCUT2D eigenvalue weighted by Crippen LogP contribution is 2.36. The molecule has 1 saturated heterocycles. The molecule has 5 heteroatoms. The smallest absolute Gasteiger partial charge is 0.314 e. The number of piperidine rings is 1. The summed E-state index contributed by atoms with van der Waals surface area (Å²) in [5, 5.41) is 9.82. The molecule has 0 amide bonds. The fraction of sp³-hybridized carbons (Fsp3) is 1.00. The molecule has 0 bridgehead atoms. The van der Waals surface area contributed by atoms with Crippen molar-refractivity contribution >= 4 is 0 Å². The Balaban J connectivity index is 2.64. The first-order valence-electron chi connectivity index (χ1n) is 3.95. The van der Waals surface area contributed by atoms with E-state index in [4.69, 9.17) is 5.21 Å². The molecular formula is C7H12F3NO. The van der Waals surface area contributed by atoms with Crippen molar-refractivity contribution in [1.82, 2.24) is 5.06 Å². The molecule has 1 rings (SSSR count). The van der Waals surface area contributed by atoms with Crippen molar-refractivity contribution in [1.29, 1.82) is 0 Å². The van der Waals surface area contributed by atoms with Gasteiger partial charge in [0, 0.05) is 12.6 Å². The Morgan fingerprint density at radius 2 is 2.00 bits per heavy atom. The van der Waals surface area contributed by atoms with E-state index < -0.39 is 18.1 Å². The lowest BCUT2D eigenvalue weighted by Crippen LogP contribution is -2.47. The van der Waals surface area contributed by atoms with E-state index in [0.29, 0.717) is 13.0 Å². The summed E-state index contributed by atoms with van der Waals surface area (Å²) in [6.07, 6.45) is -3.65. The van der Waals surface area contributed by atoms with Crippen LogP contribution in [0.25, 0.3) is 0 Å². The molecular weight excluding hydrogens is 171 g/mol. The normalized spacial score (nSPS) is 33.8. The van der Waals surface area contributed by atoms with Crippen molar-refractivity contribution in [2.45, 2.75) is 32.0 Å². The topological polar surface area (TPSA) is 23.5 Å². The molecule has 1 aliphatic rings. The fourth-order valence-corrected chi connectivity index (χ4v) is 1.56. The fourth-order valence-electron chi connectivity index (χ4n) is 1.56. The van der Waals surface area contributed by atoms with Crippen LogP contribution in [0.4, 0.5) is 13.2 Å². The predicted molar refractivity (Wildman–Crippen MR) is 36.7 cm³/mol. The summed E-state index contributed by atoms with van der Waals surface area (Å²) in [6.45, 7) is 1.74. The van der Waals surface area contributed by atoms with Crippen LogP contribution in [0.15, 0.2) is 0 Å². The minimum absolute atomic E-state index is 0.127. The molecule has 0 aromatic carbocycles. The zero-order chi connectivity index (χ0) is 9.35. The van der Waals surface area contributed by atoms with Crippen LogP contribution in [0.1, 0.15) is 19.8 Å². The van der Waals surface area contributed by atoms with Gasteiger partial charge in [0.1, 0.15) is 0 Å². The molecule has 1 heterocycles. The molecule has 0 aromatic heterocycles. The van der Waals surface area contributed by atoms with Crippen molar-refractivity contribution in [3.8, 4) is 0 Å². The van der Waals surface area contributed by atoms with Gasteiger partial charge in [0.2, 0.25) is 0 Å². The molecule has 0 aliphatic carbocycles. The Morgan fingerprint density at radius 1 is 1.42 bits per heavy atom. The first-order valence-corrected chi connectivity index (χ1v) is 3.95. The number of nitrogens with zero attached hydrogens (tertiary/aromatic N) is 1. The van der Waals surface area contributed by atoms with E-state index in [9.17, 15) is 13.2 Å². The van der Waals surface area contributed by atoms with Crippen LogP contribution in [0, 0.1) is 5.92 Å². The van der Waals surface area contributed by atoms with Crippen LogP contribution in [-0.2, 0) is 0 Å². The second-order valence-corrected chi connectivity index (χ2v) is 3.19. The largest absolute Gasteiger partial charge is 0.393 e. The summed E-state index contributed by atoms with van der Waals surface area (Å²) in [7, 11) is 0. The first-order chi connectivity index (χ1) is 5.43. The highest BCUT2D eigenvalue weighted by atomic mass is 19.4. The quantitative estimate of drug-likeness (QED) is 0.621. The average molecular weight is 183 g/mol. The van der Waals surface area contributed by atoms with Crippen LogP contribution in [0.2, 0.25) is 0 Å². The lowest BCUT2D eigenvalue weighted by molar-refractivity contribution is -0.240. The number of alkyl halides is 3. The van der Waals surface area contributed by atoms with Gasteiger partial charge in [-0.25, -0.2) is 0 Å². The molecule has 72 valence electrons. The van der Waals surface area contributed by atoms with E-state index in [1.807, 2.05) is 0 Å². The Morgan fingerprint density at radius 3 is 2.42 bits per heavy atom. The Bertz CT molecular complexity index is 159. The number of halogens is 3. The van der Waals surface area contributed by atoms with E-state index in [1.165, 1.54) is 6.92 Å². The molecule has 1 N–H and O–H groups in total. The van der Waals surface area contributed by atoms with E-state index in [1.54, 1.807) is 0 Å². The number of rotatable bonds is 0. The van der Waals surface area contributed by atoms with E-state index in [2.05, 4.69) is 0 Å². The molecule has 0 radical (unpaired) electrons. The van der Waals surface area contributed by atoms with Crippen molar-refractivity contribution in [3.63, 3.8) is 0 Å². The second-order valence-electron chi connectivity index (χ2n) is 3.19. The SMILES string of the molecule is CC1C(C(F)(F)F)CCCN1O. The molecule has 2 atom stereocenters. The Kier molecular flexibility index (Phi) is 2.63. The summed E-state index contributed by atoms with van der Waals surface area (Å²) in [6, 6.07) is -0.807. The van der Waals surface area contributed by atoms with Gasteiger partial charge < -0.3 is 5.21 Å². The van der Waals surface area contributed by atoms with E-state index in [-0.39, 0.29) is 6.42 Å².